The van der Waals surface area contributed by atoms with Gasteiger partial charge in [0.25, 0.3) is 0 Å². The van der Waals surface area contributed by atoms with Crippen molar-refractivity contribution in [1.29, 1.82) is 0 Å². The van der Waals surface area contributed by atoms with Crippen molar-refractivity contribution in [2.75, 3.05) is 7.18 Å². The highest BCUT2D eigenvalue weighted by atomic mass is 19.1. The lowest BCUT2D eigenvalue weighted by Gasteiger charge is -1.65. The maximum Gasteiger partial charge on any atom is 0.0785 e. The van der Waals surface area contributed by atoms with Crippen LogP contribution in [0.25, 0.3) is 0 Å². The van der Waals surface area contributed by atoms with Gasteiger partial charge in [-0.2, -0.15) is 0 Å². The largest absolute Gasteiger partial charge is 0.255 e. The van der Waals surface area contributed by atoms with Crippen LogP contribution in [0.2, 0.25) is 0 Å². The third-order valence-electron chi connectivity index (χ3n) is 0.333. The third-order valence-corrected chi connectivity index (χ3v) is 0.333. The third kappa shape index (κ3) is 633000. The van der Waals surface area contributed by atoms with Gasteiger partial charge in [-0.3, -0.25) is 4.39 Å². The molecule has 0 aromatic heterocycles. The van der Waals surface area contributed by atoms with Gasteiger partial charge in [0.1, 0.15) is 0 Å². The zero-order valence-electron chi connectivity index (χ0n) is 8.89. The van der Waals surface area contributed by atoms with E-state index >= 15 is 0 Å². The quantitative estimate of drug-likeness (QED) is 0.382. The zero-order valence-corrected chi connectivity index (χ0v) is 8.89. The Labute approximate surface area is 77.2 Å². The second kappa shape index (κ2) is 50.9. The monoisotopic (exact) mass is 172 g/mol. The molecule has 0 rings (SSSR count). The summed E-state index contributed by atoms with van der Waals surface area (Å²) in [6.45, 7) is 11.5. The van der Waals surface area contributed by atoms with E-state index in [1.54, 1.807) is 0 Å². The minimum atomic E-state index is 0.500. The first-order valence-electron chi connectivity index (χ1n) is 3.55. The smallest absolute Gasteiger partial charge is 0.0785 e. The Kier molecular flexibility index (Phi) is 95.2. The fraction of sp³-hybridized carbons (Fsp3) is 0.455. The molecule has 0 aromatic rings. The summed E-state index contributed by atoms with van der Waals surface area (Å²) in [5.74, 6) is 0. The molecule has 0 aromatic carbocycles. The van der Waals surface area contributed by atoms with E-state index in [0.29, 0.717) is 7.18 Å². The van der Waals surface area contributed by atoms with Crippen LogP contribution in [0.5, 0.6) is 0 Å². The first-order valence-corrected chi connectivity index (χ1v) is 3.55. The zero-order chi connectivity index (χ0) is 11.0. The number of halogens is 1. The van der Waals surface area contributed by atoms with Gasteiger partial charge in [0, 0.05) is 0 Å². The first-order chi connectivity index (χ1) is 5.65. The van der Waals surface area contributed by atoms with Crippen LogP contribution in [0, 0.1) is 12.8 Å². The Morgan fingerprint density at radius 3 is 1.17 bits per heavy atom. The normalized spacial score (nSPS) is 6.00. The number of hydrogen-bond acceptors (Lipinski definition) is 0. The van der Waals surface area contributed by atoms with Gasteiger partial charge in [-0.15, -0.1) is 19.4 Å². The van der Waals surface area contributed by atoms with Crippen molar-refractivity contribution in [1.82, 2.24) is 0 Å². The fourth-order valence-corrected chi connectivity index (χ4v) is 0. The highest BCUT2D eigenvalue weighted by molar-refractivity contribution is 4.78. The minimum absolute atomic E-state index is 0.500. The fourth-order valence-electron chi connectivity index (χ4n) is 0. The number of allylic oxidation sites excluding steroid dienone is 3. The SMILES string of the molecule is C#C.C/C=C\C.C=C(C)C.CF. The van der Waals surface area contributed by atoms with E-state index in [1.807, 2.05) is 39.8 Å². The average Bonchev–Trinajstić information content (AvgIpc) is 2.10. The second-order valence-corrected chi connectivity index (χ2v) is 1.87. The molecule has 72 valence electrons. The molecule has 0 amide bonds. The van der Waals surface area contributed by atoms with E-state index in [2.05, 4.69) is 19.4 Å². The number of rotatable bonds is 0. The lowest BCUT2D eigenvalue weighted by molar-refractivity contribution is 0.636. The van der Waals surface area contributed by atoms with Crippen molar-refractivity contribution in [3.05, 3.63) is 24.3 Å². The molecule has 0 heterocycles. The summed E-state index contributed by atoms with van der Waals surface area (Å²) in [5, 5.41) is 0. The Balaban J connectivity index is -0.0000000380. The topological polar surface area (TPSA) is 0 Å². The van der Waals surface area contributed by atoms with Crippen molar-refractivity contribution < 1.29 is 4.39 Å². The van der Waals surface area contributed by atoms with E-state index in [0.717, 1.165) is 0 Å². The van der Waals surface area contributed by atoms with E-state index in [9.17, 15) is 4.39 Å². The first kappa shape index (κ1) is 22.4. The lowest BCUT2D eigenvalue weighted by atomic mass is 10.4. The molecule has 0 unspecified atom stereocenters. The van der Waals surface area contributed by atoms with Gasteiger partial charge in [0.05, 0.1) is 7.18 Å². The predicted octanol–water partition coefficient (Wildman–Crippen LogP) is 4.00. The van der Waals surface area contributed by atoms with Crippen LogP contribution < -0.4 is 0 Å². The Morgan fingerprint density at radius 1 is 1.08 bits per heavy atom. The molecule has 0 saturated carbocycles. The summed E-state index contributed by atoms with van der Waals surface area (Å²) in [5.41, 5.74) is 1.17. The molecular weight excluding hydrogens is 151 g/mol. The van der Waals surface area contributed by atoms with Crippen molar-refractivity contribution >= 4 is 0 Å². The summed E-state index contributed by atoms with van der Waals surface area (Å²) in [6.07, 6.45) is 12.0. The molecular formula is C11H21F. The van der Waals surface area contributed by atoms with Crippen LogP contribution in [0.3, 0.4) is 0 Å². The number of hydrogen-bond donors (Lipinski definition) is 0. The number of alkyl halides is 1. The van der Waals surface area contributed by atoms with E-state index in [4.69, 9.17) is 0 Å². The van der Waals surface area contributed by atoms with Gasteiger partial charge in [-0.1, -0.05) is 17.7 Å². The predicted molar refractivity (Wildman–Crippen MR) is 57.9 cm³/mol. The van der Waals surface area contributed by atoms with Crippen molar-refractivity contribution in [2.24, 2.45) is 0 Å². The van der Waals surface area contributed by atoms with Crippen LogP contribution in [-0.4, -0.2) is 7.18 Å². The minimum Gasteiger partial charge on any atom is -0.255 e. The summed E-state index contributed by atoms with van der Waals surface area (Å²) in [4.78, 5) is 0. The van der Waals surface area contributed by atoms with Gasteiger partial charge < -0.3 is 0 Å². The van der Waals surface area contributed by atoms with Crippen LogP contribution in [0.15, 0.2) is 24.3 Å². The van der Waals surface area contributed by atoms with Crippen molar-refractivity contribution in [3.63, 3.8) is 0 Å². The highest BCUT2D eigenvalue weighted by Crippen LogP contribution is 1.73. The van der Waals surface area contributed by atoms with E-state index in [1.165, 1.54) is 5.57 Å². The standard InChI is InChI=1S/2C4H8.C2H2.CH3F/c1-4(2)3;1-3-4-2;2*1-2/h1H2,2-3H3;3-4H,1-2H3;1-2H;1H3/b;4-3-;;. The average molecular weight is 172 g/mol. The molecule has 0 aliphatic heterocycles. The van der Waals surface area contributed by atoms with Gasteiger partial charge in [-0.25, -0.2) is 0 Å². The lowest BCUT2D eigenvalue weighted by Crippen LogP contribution is -1.43. The summed E-state index contributed by atoms with van der Waals surface area (Å²) >= 11 is 0. The van der Waals surface area contributed by atoms with E-state index in [-0.39, 0.29) is 0 Å². The van der Waals surface area contributed by atoms with Crippen LogP contribution >= 0.6 is 0 Å². The molecule has 12 heavy (non-hydrogen) atoms. The molecule has 0 aliphatic carbocycles. The van der Waals surface area contributed by atoms with Gasteiger partial charge in [0.2, 0.25) is 0 Å². The molecule has 0 saturated heterocycles. The maximum atomic E-state index is 9.50. The van der Waals surface area contributed by atoms with E-state index < -0.39 is 0 Å². The Hall–Kier alpha value is -1.03. The summed E-state index contributed by atoms with van der Waals surface area (Å²) < 4.78 is 9.50. The molecule has 0 nitrogen and oxygen atoms in total. The van der Waals surface area contributed by atoms with Crippen LogP contribution in [-0.2, 0) is 0 Å². The highest BCUT2D eigenvalue weighted by Gasteiger charge is 1.51. The molecule has 0 fully saturated rings. The molecule has 0 aliphatic rings. The van der Waals surface area contributed by atoms with Gasteiger partial charge in [-0.05, 0) is 27.7 Å². The van der Waals surface area contributed by atoms with Gasteiger partial charge in [0.15, 0.2) is 0 Å². The molecule has 0 atom stereocenters. The van der Waals surface area contributed by atoms with Crippen molar-refractivity contribution in [2.45, 2.75) is 27.7 Å². The number of terminal acetylenes is 1. The molecule has 0 spiro atoms. The maximum absolute atomic E-state index is 9.50. The Morgan fingerprint density at radius 2 is 1.17 bits per heavy atom. The molecule has 0 radical (unpaired) electrons. The Bertz CT molecular complexity index is 90.8. The molecule has 1 heteroatoms. The van der Waals surface area contributed by atoms with Crippen LogP contribution in [0.4, 0.5) is 4.39 Å². The summed E-state index contributed by atoms with van der Waals surface area (Å²) in [7, 11) is 0.500. The van der Waals surface area contributed by atoms with Crippen molar-refractivity contribution in [3.8, 4) is 12.8 Å². The van der Waals surface area contributed by atoms with Crippen LogP contribution in [0.1, 0.15) is 27.7 Å². The molecule has 0 N–H and O–H groups in total. The molecule has 0 bridgehead atoms. The summed E-state index contributed by atoms with van der Waals surface area (Å²) in [6, 6.07) is 0. The van der Waals surface area contributed by atoms with Gasteiger partial charge >= 0.3 is 0 Å². The second-order valence-electron chi connectivity index (χ2n) is 1.87.